The lowest BCUT2D eigenvalue weighted by molar-refractivity contribution is 0.118. The van der Waals surface area contributed by atoms with Crippen LogP contribution in [0, 0.1) is 11.3 Å². The first-order valence-corrected chi connectivity index (χ1v) is 7.45. The summed E-state index contributed by atoms with van der Waals surface area (Å²) < 4.78 is 5.51. The Balaban J connectivity index is 1.67. The van der Waals surface area contributed by atoms with Gasteiger partial charge in [-0.05, 0) is 24.6 Å². The second kappa shape index (κ2) is 7.03. The average Bonchev–Trinajstić information content (AvgIpc) is 3.04. The first-order valence-electron chi connectivity index (χ1n) is 7.45. The number of ether oxygens (including phenoxy) is 1. The van der Waals surface area contributed by atoms with Gasteiger partial charge in [-0.1, -0.05) is 0 Å². The molecule has 1 N–H and O–H groups in total. The Hall–Kier alpha value is -2.72. The van der Waals surface area contributed by atoms with Gasteiger partial charge in [0.2, 0.25) is 0 Å². The van der Waals surface area contributed by atoms with E-state index < -0.39 is 0 Å². The highest BCUT2D eigenvalue weighted by atomic mass is 16.5. The zero-order chi connectivity index (χ0) is 16.1. The molecule has 0 amide bonds. The van der Waals surface area contributed by atoms with Crippen molar-refractivity contribution >= 4 is 11.5 Å². The van der Waals surface area contributed by atoms with Gasteiger partial charge in [0.15, 0.2) is 0 Å². The van der Waals surface area contributed by atoms with E-state index in [9.17, 15) is 0 Å². The van der Waals surface area contributed by atoms with Gasteiger partial charge in [-0.2, -0.15) is 5.26 Å². The SMILES string of the molecule is CO[C@@H]1C[C@H](CNc2ccc(C#N)nc2)N(c2ccncn2)C1. The number of nitrogens with one attached hydrogen (secondary N) is 1. The Morgan fingerprint density at radius 1 is 1.39 bits per heavy atom. The monoisotopic (exact) mass is 310 g/mol. The minimum atomic E-state index is 0.191. The molecule has 0 radical (unpaired) electrons. The fourth-order valence-electron chi connectivity index (χ4n) is 2.77. The molecule has 1 aliphatic rings. The van der Waals surface area contributed by atoms with Crippen molar-refractivity contribution in [3.05, 3.63) is 42.6 Å². The standard InChI is InChI=1S/C16H18N6O/c1-23-15-6-14(22(10-15)16-4-5-18-11-21-16)9-20-13-3-2-12(7-17)19-8-13/h2-5,8,11,14-15,20H,6,9-10H2,1H3/t14-,15-/m1/s1. The second-order valence-electron chi connectivity index (χ2n) is 5.39. The van der Waals surface area contributed by atoms with Crippen LogP contribution in [0.25, 0.3) is 0 Å². The van der Waals surface area contributed by atoms with Gasteiger partial charge in [0, 0.05) is 26.4 Å². The van der Waals surface area contributed by atoms with Gasteiger partial charge in [-0.25, -0.2) is 15.0 Å². The number of nitriles is 1. The number of hydrogen-bond donors (Lipinski definition) is 1. The van der Waals surface area contributed by atoms with Crippen molar-refractivity contribution in [2.75, 3.05) is 30.4 Å². The number of hydrogen-bond acceptors (Lipinski definition) is 7. The fraction of sp³-hybridized carbons (Fsp3) is 0.375. The molecule has 23 heavy (non-hydrogen) atoms. The van der Waals surface area contributed by atoms with Crippen molar-refractivity contribution in [3.63, 3.8) is 0 Å². The molecule has 7 heteroatoms. The zero-order valence-corrected chi connectivity index (χ0v) is 12.9. The van der Waals surface area contributed by atoms with Crippen molar-refractivity contribution in [1.29, 1.82) is 5.26 Å². The van der Waals surface area contributed by atoms with Crippen LogP contribution in [-0.2, 0) is 4.74 Å². The summed E-state index contributed by atoms with van der Waals surface area (Å²) in [5.74, 6) is 0.907. The van der Waals surface area contributed by atoms with Crippen molar-refractivity contribution in [1.82, 2.24) is 15.0 Å². The average molecular weight is 310 g/mol. The molecule has 0 bridgehead atoms. The van der Waals surface area contributed by atoms with Gasteiger partial charge in [0.25, 0.3) is 0 Å². The molecule has 7 nitrogen and oxygen atoms in total. The number of methoxy groups -OCH3 is 1. The van der Waals surface area contributed by atoms with Gasteiger partial charge in [0.05, 0.1) is 24.0 Å². The maximum Gasteiger partial charge on any atom is 0.140 e. The lowest BCUT2D eigenvalue weighted by Gasteiger charge is -2.25. The molecule has 3 heterocycles. The second-order valence-corrected chi connectivity index (χ2v) is 5.39. The third-order valence-electron chi connectivity index (χ3n) is 3.99. The van der Waals surface area contributed by atoms with E-state index in [0.29, 0.717) is 5.69 Å². The normalized spacial score (nSPS) is 20.3. The van der Waals surface area contributed by atoms with E-state index in [1.165, 1.54) is 0 Å². The van der Waals surface area contributed by atoms with Crippen LogP contribution < -0.4 is 10.2 Å². The van der Waals surface area contributed by atoms with Crippen LogP contribution >= 0.6 is 0 Å². The predicted octanol–water partition coefficient (Wildman–Crippen LogP) is 1.45. The Bertz CT molecular complexity index is 669. The van der Waals surface area contributed by atoms with Gasteiger partial charge in [0.1, 0.15) is 23.9 Å². The zero-order valence-electron chi connectivity index (χ0n) is 12.9. The molecule has 0 saturated carbocycles. The minimum absolute atomic E-state index is 0.191. The molecule has 1 fully saturated rings. The molecule has 3 rings (SSSR count). The Labute approximate surface area is 135 Å². The van der Waals surface area contributed by atoms with E-state index in [1.807, 2.05) is 18.2 Å². The summed E-state index contributed by atoms with van der Waals surface area (Å²) in [5, 5.41) is 12.2. The third kappa shape index (κ3) is 3.55. The summed E-state index contributed by atoms with van der Waals surface area (Å²) >= 11 is 0. The molecule has 1 aliphatic heterocycles. The number of nitrogens with zero attached hydrogens (tertiary/aromatic N) is 5. The minimum Gasteiger partial charge on any atom is -0.382 e. The van der Waals surface area contributed by atoms with E-state index in [4.69, 9.17) is 10.00 Å². The van der Waals surface area contributed by atoms with E-state index in [2.05, 4.69) is 25.2 Å². The summed E-state index contributed by atoms with van der Waals surface area (Å²) in [4.78, 5) is 14.6. The van der Waals surface area contributed by atoms with Gasteiger partial charge in [-0.3, -0.25) is 0 Å². The number of aromatic nitrogens is 3. The molecule has 2 atom stereocenters. The highest BCUT2D eigenvalue weighted by molar-refractivity contribution is 5.45. The molecular formula is C16H18N6O. The van der Waals surface area contributed by atoms with E-state index >= 15 is 0 Å². The van der Waals surface area contributed by atoms with Crippen LogP contribution in [-0.4, -0.2) is 47.3 Å². The van der Waals surface area contributed by atoms with Crippen molar-refractivity contribution < 1.29 is 4.74 Å². The summed E-state index contributed by atoms with van der Waals surface area (Å²) in [5.41, 5.74) is 1.31. The fourth-order valence-corrected chi connectivity index (χ4v) is 2.77. The molecule has 0 spiro atoms. The van der Waals surface area contributed by atoms with Crippen molar-refractivity contribution in [3.8, 4) is 6.07 Å². The molecular weight excluding hydrogens is 292 g/mol. The Morgan fingerprint density at radius 2 is 2.30 bits per heavy atom. The maximum atomic E-state index is 8.78. The van der Waals surface area contributed by atoms with Crippen LogP contribution in [0.3, 0.4) is 0 Å². The molecule has 118 valence electrons. The first-order chi connectivity index (χ1) is 11.3. The highest BCUT2D eigenvalue weighted by Crippen LogP contribution is 2.25. The summed E-state index contributed by atoms with van der Waals surface area (Å²) in [7, 11) is 1.74. The maximum absolute atomic E-state index is 8.78. The molecule has 2 aromatic rings. The van der Waals surface area contributed by atoms with Crippen LogP contribution in [0.15, 0.2) is 36.9 Å². The van der Waals surface area contributed by atoms with E-state index in [0.717, 1.165) is 31.0 Å². The number of anilines is 2. The van der Waals surface area contributed by atoms with Crippen LogP contribution in [0.4, 0.5) is 11.5 Å². The first kappa shape index (κ1) is 15.2. The van der Waals surface area contributed by atoms with Crippen molar-refractivity contribution in [2.45, 2.75) is 18.6 Å². The molecule has 0 aliphatic carbocycles. The third-order valence-corrected chi connectivity index (χ3v) is 3.99. The van der Waals surface area contributed by atoms with Crippen molar-refractivity contribution in [2.24, 2.45) is 0 Å². The smallest absolute Gasteiger partial charge is 0.140 e. The summed E-state index contributed by atoms with van der Waals surface area (Å²) in [6.07, 6.45) is 6.10. The molecule has 0 unspecified atom stereocenters. The summed E-state index contributed by atoms with van der Waals surface area (Å²) in [6.45, 7) is 1.56. The Morgan fingerprint density at radius 3 is 2.96 bits per heavy atom. The number of rotatable bonds is 5. The van der Waals surface area contributed by atoms with E-state index in [-0.39, 0.29) is 12.1 Å². The largest absolute Gasteiger partial charge is 0.382 e. The van der Waals surface area contributed by atoms with Gasteiger partial charge >= 0.3 is 0 Å². The topological polar surface area (TPSA) is 87.0 Å². The molecule has 0 aromatic carbocycles. The number of pyridine rings is 1. The lowest BCUT2D eigenvalue weighted by atomic mass is 10.2. The predicted molar refractivity (Wildman–Crippen MR) is 86.0 cm³/mol. The van der Waals surface area contributed by atoms with Crippen LogP contribution in [0.5, 0.6) is 0 Å². The lowest BCUT2D eigenvalue weighted by Crippen LogP contribution is -2.35. The summed E-state index contributed by atoms with van der Waals surface area (Å²) in [6, 6.07) is 7.77. The molecule has 1 saturated heterocycles. The van der Waals surface area contributed by atoms with Gasteiger partial charge in [-0.15, -0.1) is 0 Å². The quantitative estimate of drug-likeness (QED) is 0.894. The van der Waals surface area contributed by atoms with Crippen LogP contribution in [0.1, 0.15) is 12.1 Å². The van der Waals surface area contributed by atoms with Gasteiger partial charge < -0.3 is 15.0 Å². The Kier molecular flexibility index (Phi) is 4.64. The molecule has 2 aromatic heterocycles. The van der Waals surface area contributed by atoms with E-state index in [1.54, 1.807) is 31.9 Å². The highest BCUT2D eigenvalue weighted by Gasteiger charge is 2.32. The van der Waals surface area contributed by atoms with Crippen LogP contribution in [0.2, 0.25) is 0 Å².